The number of hydrogen-bond acceptors (Lipinski definition) is 3. The number of aryl methyl sites for hydroxylation is 1. The van der Waals surface area contributed by atoms with E-state index < -0.39 is 12.1 Å². The van der Waals surface area contributed by atoms with Gasteiger partial charge in [0.05, 0.1) is 0 Å². The van der Waals surface area contributed by atoms with Crippen LogP contribution in [0.4, 0.5) is 0 Å². The maximum absolute atomic E-state index is 11.2. The third-order valence-corrected chi connectivity index (χ3v) is 3.94. The normalized spacial score (nSPS) is 18.3. The predicted molar refractivity (Wildman–Crippen MR) is 82.8 cm³/mol. The molecular formula is C17H25NO3. The molecule has 0 aromatic heterocycles. The zero-order valence-electron chi connectivity index (χ0n) is 12.9. The minimum atomic E-state index is -0.889. The highest BCUT2D eigenvalue weighted by atomic mass is 16.5. The molecule has 1 aromatic rings. The van der Waals surface area contributed by atoms with Crippen molar-refractivity contribution in [2.75, 3.05) is 6.54 Å². The lowest BCUT2D eigenvalue weighted by molar-refractivity contribution is -0.145. The molecule has 0 radical (unpaired) electrons. The summed E-state index contributed by atoms with van der Waals surface area (Å²) < 4.78 is 5.64. The van der Waals surface area contributed by atoms with Gasteiger partial charge in [-0.3, -0.25) is 0 Å². The molecule has 0 fully saturated rings. The first-order valence-electron chi connectivity index (χ1n) is 7.91. The van der Waals surface area contributed by atoms with Gasteiger partial charge in [0.25, 0.3) is 0 Å². The van der Waals surface area contributed by atoms with Crippen molar-refractivity contribution in [2.45, 2.75) is 58.1 Å². The second kappa shape index (κ2) is 7.46. The zero-order chi connectivity index (χ0) is 15.2. The number of hydrogen-bond donors (Lipinski definition) is 2. The van der Waals surface area contributed by atoms with Gasteiger partial charge >= 0.3 is 5.97 Å². The van der Waals surface area contributed by atoms with Crippen molar-refractivity contribution in [2.24, 2.45) is 0 Å². The van der Waals surface area contributed by atoms with Gasteiger partial charge in [-0.2, -0.15) is 0 Å². The molecule has 0 aliphatic heterocycles. The summed E-state index contributed by atoms with van der Waals surface area (Å²) in [5.41, 5.74) is 2.61. The molecule has 1 aliphatic rings. The molecule has 1 aliphatic carbocycles. The van der Waals surface area contributed by atoms with Gasteiger partial charge in [0.15, 0.2) is 6.10 Å². The van der Waals surface area contributed by atoms with Gasteiger partial charge in [-0.15, -0.1) is 0 Å². The zero-order valence-corrected chi connectivity index (χ0v) is 12.9. The first-order valence-corrected chi connectivity index (χ1v) is 7.91. The molecule has 2 rings (SSSR count). The Bertz CT molecular complexity index is 487. The maximum atomic E-state index is 11.2. The number of carboxylic acid groups (broad SMARTS) is 1. The highest BCUT2D eigenvalue weighted by Gasteiger charge is 2.23. The number of ether oxygens (including phenoxy) is 1. The van der Waals surface area contributed by atoms with Crippen molar-refractivity contribution < 1.29 is 14.6 Å². The lowest BCUT2D eigenvalue weighted by Crippen LogP contribution is -2.26. The Hall–Kier alpha value is -1.55. The van der Waals surface area contributed by atoms with Crippen LogP contribution in [0, 0.1) is 0 Å². The molecule has 21 heavy (non-hydrogen) atoms. The number of aliphatic carboxylic acids is 1. The average molecular weight is 291 g/mol. The van der Waals surface area contributed by atoms with Crippen LogP contribution in [-0.2, 0) is 11.2 Å². The van der Waals surface area contributed by atoms with Crippen LogP contribution in [0.15, 0.2) is 18.2 Å². The minimum Gasteiger partial charge on any atom is -0.479 e. The number of fused-ring (bicyclic) bond motifs is 1. The molecule has 0 spiro atoms. The second-order valence-corrected chi connectivity index (χ2v) is 5.64. The van der Waals surface area contributed by atoms with Gasteiger partial charge in [-0.25, -0.2) is 4.79 Å². The van der Waals surface area contributed by atoms with Crippen LogP contribution in [0.25, 0.3) is 0 Å². The van der Waals surface area contributed by atoms with E-state index in [0.29, 0.717) is 18.2 Å². The molecule has 0 heterocycles. The van der Waals surface area contributed by atoms with E-state index in [2.05, 4.69) is 18.3 Å². The van der Waals surface area contributed by atoms with Crippen molar-refractivity contribution in [1.82, 2.24) is 5.32 Å². The van der Waals surface area contributed by atoms with Gasteiger partial charge in [0.1, 0.15) is 5.75 Å². The average Bonchev–Trinajstić information content (AvgIpc) is 2.87. The van der Waals surface area contributed by atoms with Crippen LogP contribution >= 0.6 is 0 Å². The molecule has 0 saturated heterocycles. The van der Waals surface area contributed by atoms with Crippen LogP contribution in [0.1, 0.15) is 56.7 Å². The Morgan fingerprint density at radius 3 is 2.90 bits per heavy atom. The molecular weight excluding hydrogens is 266 g/mol. The molecule has 0 saturated carbocycles. The van der Waals surface area contributed by atoms with Crippen LogP contribution in [0.5, 0.6) is 5.75 Å². The summed E-state index contributed by atoms with van der Waals surface area (Å²) in [4.78, 5) is 11.2. The number of nitrogens with one attached hydrogen (secondary N) is 1. The summed E-state index contributed by atoms with van der Waals surface area (Å²) in [6, 6.07) is 6.42. The summed E-state index contributed by atoms with van der Waals surface area (Å²) in [5.74, 6) is -0.217. The van der Waals surface area contributed by atoms with Crippen molar-refractivity contribution in [3.8, 4) is 5.75 Å². The van der Waals surface area contributed by atoms with Gasteiger partial charge in [-0.05, 0) is 55.5 Å². The molecule has 0 bridgehead atoms. The second-order valence-electron chi connectivity index (χ2n) is 5.64. The lowest BCUT2D eigenvalue weighted by Gasteiger charge is -2.16. The molecule has 4 nitrogen and oxygen atoms in total. The monoisotopic (exact) mass is 291 g/mol. The highest BCUT2D eigenvalue weighted by Crippen LogP contribution is 2.33. The van der Waals surface area contributed by atoms with Gasteiger partial charge in [0.2, 0.25) is 0 Å². The lowest BCUT2D eigenvalue weighted by atomic mass is 10.1. The Morgan fingerprint density at radius 1 is 1.43 bits per heavy atom. The topological polar surface area (TPSA) is 58.6 Å². The quantitative estimate of drug-likeness (QED) is 0.771. The molecule has 2 unspecified atom stereocenters. The summed E-state index contributed by atoms with van der Waals surface area (Å²) in [6.45, 7) is 5.16. The van der Waals surface area contributed by atoms with Crippen LogP contribution < -0.4 is 10.1 Å². The predicted octanol–water partition coefficient (Wildman–Crippen LogP) is 3.31. The molecule has 116 valence electrons. The number of benzene rings is 1. The molecule has 1 aromatic carbocycles. The summed E-state index contributed by atoms with van der Waals surface area (Å²) in [7, 11) is 0. The van der Waals surface area contributed by atoms with E-state index in [-0.39, 0.29) is 0 Å². The van der Waals surface area contributed by atoms with Crippen LogP contribution in [-0.4, -0.2) is 23.7 Å². The minimum absolute atomic E-state index is 0.430. The van der Waals surface area contributed by atoms with E-state index in [1.165, 1.54) is 11.1 Å². The van der Waals surface area contributed by atoms with Gasteiger partial charge < -0.3 is 15.2 Å². The van der Waals surface area contributed by atoms with Crippen molar-refractivity contribution in [1.29, 1.82) is 0 Å². The Morgan fingerprint density at radius 2 is 2.24 bits per heavy atom. The van der Waals surface area contributed by atoms with E-state index in [1.54, 1.807) is 0 Å². The number of rotatable bonds is 8. The SMILES string of the molecule is CCCNC1CCc2cc(OC(CCC)C(=O)O)ccc21. The summed E-state index contributed by atoms with van der Waals surface area (Å²) in [6.07, 6.45) is 3.85. The highest BCUT2D eigenvalue weighted by molar-refractivity contribution is 5.72. The van der Waals surface area contributed by atoms with Gasteiger partial charge in [-0.1, -0.05) is 26.3 Å². The van der Waals surface area contributed by atoms with Crippen LogP contribution in [0.2, 0.25) is 0 Å². The fraction of sp³-hybridized carbons (Fsp3) is 0.588. The van der Waals surface area contributed by atoms with E-state index in [0.717, 1.165) is 32.2 Å². The number of carbonyl (C=O) groups is 1. The van der Waals surface area contributed by atoms with Crippen molar-refractivity contribution in [3.63, 3.8) is 0 Å². The van der Waals surface area contributed by atoms with Crippen molar-refractivity contribution >= 4 is 5.97 Å². The smallest absolute Gasteiger partial charge is 0.344 e. The third-order valence-electron chi connectivity index (χ3n) is 3.94. The van der Waals surface area contributed by atoms with E-state index in [9.17, 15) is 4.79 Å². The van der Waals surface area contributed by atoms with E-state index >= 15 is 0 Å². The standard InChI is InChI=1S/C17H25NO3/c1-3-5-16(17(19)20)21-13-7-8-14-12(11-13)6-9-15(14)18-10-4-2/h7-8,11,15-16,18H,3-6,9-10H2,1-2H3,(H,19,20). The molecule has 4 heteroatoms. The Kier molecular flexibility index (Phi) is 5.62. The third kappa shape index (κ3) is 3.97. The summed E-state index contributed by atoms with van der Waals surface area (Å²) >= 11 is 0. The van der Waals surface area contributed by atoms with Gasteiger partial charge in [0, 0.05) is 6.04 Å². The first kappa shape index (κ1) is 15.8. The van der Waals surface area contributed by atoms with E-state index in [4.69, 9.17) is 9.84 Å². The fourth-order valence-corrected chi connectivity index (χ4v) is 2.86. The number of carboxylic acids is 1. The fourth-order valence-electron chi connectivity index (χ4n) is 2.86. The molecule has 0 amide bonds. The van der Waals surface area contributed by atoms with Crippen molar-refractivity contribution in [3.05, 3.63) is 29.3 Å². The largest absolute Gasteiger partial charge is 0.479 e. The maximum Gasteiger partial charge on any atom is 0.344 e. The Labute approximate surface area is 126 Å². The molecule has 2 atom stereocenters. The Balaban J connectivity index is 2.06. The molecule has 2 N–H and O–H groups in total. The van der Waals surface area contributed by atoms with E-state index in [1.807, 2.05) is 19.1 Å². The van der Waals surface area contributed by atoms with Crippen LogP contribution in [0.3, 0.4) is 0 Å². The first-order chi connectivity index (χ1) is 10.2. The summed E-state index contributed by atoms with van der Waals surface area (Å²) in [5, 5.41) is 12.7.